The second-order valence-corrected chi connectivity index (χ2v) is 12.9. The summed E-state index contributed by atoms with van der Waals surface area (Å²) in [5, 5.41) is 15.7. The maximum absolute atomic E-state index is 13.7. The van der Waals surface area contributed by atoms with Gasteiger partial charge in [-0.2, -0.15) is 4.31 Å². The normalized spacial score (nSPS) is 21.2. The van der Waals surface area contributed by atoms with Crippen LogP contribution in [0.5, 0.6) is 5.75 Å². The molecule has 0 saturated heterocycles. The number of nitrogens with one attached hydrogen (secondary N) is 2. The van der Waals surface area contributed by atoms with Gasteiger partial charge in [-0.15, -0.1) is 0 Å². The van der Waals surface area contributed by atoms with Crippen LogP contribution in [0, 0.1) is 5.92 Å². The minimum absolute atomic E-state index is 0.0127. The number of hydrogen-bond acceptors (Lipinski definition) is 7. The molecule has 12 nitrogen and oxygen atoms in total. The second-order valence-electron chi connectivity index (χ2n) is 10.9. The van der Waals surface area contributed by atoms with Gasteiger partial charge in [-0.25, -0.2) is 18.2 Å². The molecule has 0 bridgehead atoms. The highest BCUT2D eigenvalue weighted by atomic mass is 32.2. The summed E-state index contributed by atoms with van der Waals surface area (Å²) >= 11 is 0. The Morgan fingerprint density at radius 3 is 2.65 bits per heavy atom. The monoisotopic (exact) mass is 576 g/mol. The maximum Gasteiger partial charge on any atom is 0.319 e. The molecule has 220 valence electrons. The number of fused-ring (bicyclic) bond motifs is 1. The standard InChI is InChI=1S/C27H40N6O6S/c1-18-13-33(19(2)16-34)26(35)22-12-21(30-27(36)29-20-8-6-5-7-9-20)10-11-23(22)39-24(18)14-32(4)40(37,38)25-15-31(3)17-28-25/h10-12,15,17-20,24,34H,5-9,13-14,16H2,1-4H3,(H2,29,30,36)/t18-,19+,24+/m0/s1. The average molecular weight is 577 g/mol. The van der Waals surface area contributed by atoms with Crippen molar-refractivity contribution in [2.45, 2.75) is 69.2 Å². The van der Waals surface area contributed by atoms with Crippen LogP contribution in [0.4, 0.5) is 10.5 Å². The van der Waals surface area contributed by atoms with Crippen LogP contribution in [0.2, 0.25) is 0 Å². The summed E-state index contributed by atoms with van der Waals surface area (Å²) in [6.07, 6.45) is 7.50. The van der Waals surface area contributed by atoms with Crippen LogP contribution < -0.4 is 15.4 Å². The van der Waals surface area contributed by atoms with Crippen LogP contribution in [-0.2, 0) is 17.1 Å². The number of imidazole rings is 1. The van der Waals surface area contributed by atoms with Crippen molar-refractivity contribution < 1.29 is 27.9 Å². The number of nitrogens with zero attached hydrogens (tertiary/aromatic N) is 4. The summed E-state index contributed by atoms with van der Waals surface area (Å²) in [6, 6.07) is 4.15. The fourth-order valence-electron chi connectivity index (χ4n) is 5.15. The lowest BCUT2D eigenvalue weighted by Gasteiger charge is -2.38. The van der Waals surface area contributed by atoms with E-state index in [1.165, 1.54) is 30.3 Å². The number of benzene rings is 1. The molecule has 0 unspecified atom stereocenters. The molecule has 2 aliphatic rings. The van der Waals surface area contributed by atoms with Gasteiger partial charge in [0.2, 0.25) is 0 Å². The van der Waals surface area contributed by atoms with E-state index < -0.39 is 22.2 Å². The van der Waals surface area contributed by atoms with Gasteiger partial charge in [0.25, 0.3) is 15.9 Å². The molecule has 40 heavy (non-hydrogen) atoms. The molecule has 13 heteroatoms. The number of amides is 3. The highest BCUT2D eigenvalue weighted by molar-refractivity contribution is 7.89. The van der Waals surface area contributed by atoms with Crippen molar-refractivity contribution in [2.75, 3.05) is 32.1 Å². The number of carbonyl (C=O) groups is 2. The molecule has 0 spiro atoms. The molecule has 2 heterocycles. The summed E-state index contributed by atoms with van der Waals surface area (Å²) in [5.41, 5.74) is 0.656. The number of carbonyl (C=O) groups excluding carboxylic acids is 2. The second kappa shape index (κ2) is 12.6. The van der Waals surface area contributed by atoms with Crippen molar-refractivity contribution in [3.05, 3.63) is 36.3 Å². The van der Waals surface area contributed by atoms with Gasteiger partial charge in [0.1, 0.15) is 11.9 Å². The smallest absolute Gasteiger partial charge is 0.319 e. The SMILES string of the molecule is C[C@H](CO)N1C[C@H](C)[C@@H](CN(C)S(=O)(=O)c2cn(C)cn2)Oc2ccc(NC(=O)NC3CCCCC3)cc2C1=O. The Morgan fingerprint density at radius 2 is 2.00 bits per heavy atom. The predicted molar refractivity (Wildman–Crippen MR) is 150 cm³/mol. The molecule has 2 aromatic rings. The third-order valence-electron chi connectivity index (χ3n) is 7.66. The van der Waals surface area contributed by atoms with E-state index in [1.54, 1.807) is 41.6 Å². The van der Waals surface area contributed by atoms with Crippen molar-refractivity contribution in [1.82, 2.24) is 24.1 Å². The van der Waals surface area contributed by atoms with Crippen LogP contribution in [0.25, 0.3) is 0 Å². The van der Waals surface area contributed by atoms with Gasteiger partial charge in [0, 0.05) is 44.5 Å². The van der Waals surface area contributed by atoms with E-state index in [1.807, 2.05) is 6.92 Å². The Hall–Kier alpha value is -3.16. The molecule has 1 aliphatic heterocycles. The number of aliphatic hydroxyl groups is 1. The van der Waals surface area contributed by atoms with E-state index in [0.717, 1.165) is 25.7 Å². The van der Waals surface area contributed by atoms with Crippen molar-refractivity contribution in [3.8, 4) is 5.75 Å². The van der Waals surface area contributed by atoms with E-state index in [4.69, 9.17) is 4.74 Å². The van der Waals surface area contributed by atoms with Gasteiger partial charge >= 0.3 is 6.03 Å². The van der Waals surface area contributed by atoms with Crippen LogP contribution in [0.1, 0.15) is 56.3 Å². The minimum Gasteiger partial charge on any atom is -0.488 e. The number of aliphatic hydroxyl groups excluding tert-OH is 1. The third-order valence-corrected chi connectivity index (χ3v) is 9.37. The largest absolute Gasteiger partial charge is 0.488 e. The van der Waals surface area contributed by atoms with Crippen LogP contribution in [0.15, 0.2) is 35.7 Å². The molecule has 1 saturated carbocycles. The fraction of sp³-hybridized carbons (Fsp3) is 0.593. The lowest BCUT2D eigenvalue weighted by molar-refractivity contribution is 0.0387. The molecule has 3 N–H and O–H groups in total. The number of hydrogen-bond donors (Lipinski definition) is 3. The molecule has 1 aliphatic carbocycles. The van der Waals surface area contributed by atoms with Crippen molar-refractivity contribution in [1.29, 1.82) is 0 Å². The van der Waals surface area contributed by atoms with Gasteiger partial charge in [0.15, 0.2) is 5.03 Å². The topological polar surface area (TPSA) is 146 Å². The third kappa shape index (κ3) is 6.76. The zero-order chi connectivity index (χ0) is 29.0. The van der Waals surface area contributed by atoms with Crippen LogP contribution >= 0.6 is 0 Å². The molecular weight excluding hydrogens is 536 g/mol. The van der Waals surface area contributed by atoms with Crippen molar-refractivity contribution >= 4 is 27.6 Å². The van der Waals surface area contributed by atoms with Crippen LogP contribution in [0.3, 0.4) is 0 Å². The molecule has 1 aromatic carbocycles. The van der Waals surface area contributed by atoms with E-state index in [-0.39, 0.29) is 59.9 Å². The lowest BCUT2D eigenvalue weighted by atomic mass is 9.96. The summed E-state index contributed by atoms with van der Waals surface area (Å²) in [6.45, 7) is 3.64. The maximum atomic E-state index is 13.7. The zero-order valence-corrected chi connectivity index (χ0v) is 24.4. The Morgan fingerprint density at radius 1 is 1.27 bits per heavy atom. The number of anilines is 1. The van der Waals surface area contributed by atoms with E-state index >= 15 is 0 Å². The molecular formula is C27H40N6O6S. The van der Waals surface area contributed by atoms with Crippen LogP contribution in [-0.4, -0.2) is 89.2 Å². The van der Waals surface area contributed by atoms with E-state index in [0.29, 0.717) is 5.69 Å². The van der Waals surface area contributed by atoms with E-state index in [2.05, 4.69) is 15.6 Å². The summed E-state index contributed by atoms with van der Waals surface area (Å²) < 4.78 is 35.3. The first-order valence-corrected chi connectivity index (χ1v) is 15.2. The summed E-state index contributed by atoms with van der Waals surface area (Å²) in [5.74, 6) is -0.335. The first-order chi connectivity index (χ1) is 19.0. The van der Waals surface area contributed by atoms with Crippen molar-refractivity contribution in [3.63, 3.8) is 0 Å². The highest BCUT2D eigenvalue weighted by Crippen LogP contribution is 2.31. The molecule has 0 radical (unpaired) electrons. The number of ether oxygens (including phenoxy) is 1. The summed E-state index contributed by atoms with van der Waals surface area (Å²) in [4.78, 5) is 31.9. The van der Waals surface area contributed by atoms with Gasteiger partial charge in [0.05, 0.1) is 31.1 Å². The lowest BCUT2D eigenvalue weighted by Crippen LogP contribution is -2.50. The Kier molecular flexibility index (Phi) is 9.37. The van der Waals surface area contributed by atoms with Crippen molar-refractivity contribution in [2.24, 2.45) is 13.0 Å². The quantitative estimate of drug-likeness (QED) is 0.437. The number of rotatable bonds is 8. The fourth-order valence-corrected chi connectivity index (χ4v) is 6.29. The number of urea groups is 1. The zero-order valence-electron chi connectivity index (χ0n) is 23.5. The molecule has 1 aromatic heterocycles. The first kappa shape index (κ1) is 29.8. The predicted octanol–water partition coefficient (Wildman–Crippen LogP) is 2.42. The van der Waals surface area contributed by atoms with Gasteiger partial charge in [-0.3, -0.25) is 4.79 Å². The Bertz CT molecular complexity index is 1310. The average Bonchev–Trinajstić information content (AvgIpc) is 3.38. The highest BCUT2D eigenvalue weighted by Gasteiger charge is 2.36. The summed E-state index contributed by atoms with van der Waals surface area (Å²) in [7, 11) is -0.708. The Balaban J connectivity index is 1.59. The molecule has 1 fully saturated rings. The minimum atomic E-state index is -3.87. The number of aryl methyl sites for hydroxylation is 1. The van der Waals surface area contributed by atoms with Gasteiger partial charge in [-0.05, 0) is 38.0 Å². The van der Waals surface area contributed by atoms with E-state index in [9.17, 15) is 23.1 Å². The van der Waals surface area contributed by atoms with Gasteiger partial charge in [-0.1, -0.05) is 26.2 Å². The number of sulfonamides is 1. The first-order valence-electron chi connectivity index (χ1n) is 13.7. The number of likely N-dealkylation sites (N-methyl/N-ethyl adjacent to an activating group) is 1. The van der Waals surface area contributed by atoms with Gasteiger partial charge < -0.3 is 29.9 Å². The number of aromatic nitrogens is 2. The molecule has 3 atom stereocenters. The Labute approximate surface area is 235 Å². The molecule has 3 amide bonds. The molecule has 4 rings (SSSR count).